The second-order valence-electron chi connectivity index (χ2n) is 7.30. The Balaban J connectivity index is 1.74. The highest BCUT2D eigenvalue weighted by Crippen LogP contribution is 2.36. The van der Waals surface area contributed by atoms with Crippen molar-refractivity contribution >= 4 is 11.9 Å². The fraction of sp³-hybridized carbons (Fsp3) is 0.600. The van der Waals surface area contributed by atoms with Crippen LogP contribution in [0.1, 0.15) is 37.7 Å². The van der Waals surface area contributed by atoms with E-state index < -0.39 is 5.54 Å². The van der Waals surface area contributed by atoms with Gasteiger partial charge in [-0.3, -0.25) is 9.69 Å². The van der Waals surface area contributed by atoms with Gasteiger partial charge in [0.25, 0.3) is 5.91 Å². The number of piperidine rings is 1. The first-order chi connectivity index (χ1) is 12.7. The van der Waals surface area contributed by atoms with Crippen LogP contribution in [0.2, 0.25) is 0 Å². The van der Waals surface area contributed by atoms with Gasteiger partial charge >= 0.3 is 6.03 Å². The number of rotatable bonds is 8. The van der Waals surface area contributed by atoms with Crippen LogP contribution in [-0.4, -0.2) is 53.7 Å². The molecule has 142 valence electrons. The molecule has 1 atom stereocenters. The molecule has 2 saturated heterocycles. The van der Waals surface area contributed by atoms with Crippen LogP contribution in [0.25, 0.3) is 0 Å². The summed E-state index contributed by atoms with van der Waals surface area (Å²) in [4.78, 5) is 27.0. The zero-order chi connectivity index (χ0) is 18.4. The maximum Gasteiger partial charge on any atom is 0.325 e. The molecule has 0 unspecified atom stereocenters. The number of nitrogens with zero attached hydrogens (tertiary/aromatic N) is 1. The van der Waals surface area contributed by atoms with Gasteiger partial charge in [0.15, 0.2) is 0 Å². The zero-order valence-electron chi connectivity index (χ0n) is 15.2. The van der Waals surface area contributed by atoms with E-state index in [4.69, 9.17) is 5.11 Å². The van der Waals surface area contributed by atoms with Crippen LogP contribution in [0.3, 0.4) is 0 Å². The molecule has 2 aliphatic rings. The minimum atomic E-state index is -0.788. The highest BCUT2D eigenvalue weighted by molar-refractivity contribution is 6.07. The molecule has 1 aromatic rings. The molecule has 1 aromatic carbocycles. The van der Waals surface area contributed by atoms with Crippen molar-refractivity contribution in [2.24, 2.45) is 5.92 Å². The number of imide groups is 1. The largest absolute Gasteiger partial charge is 0.396 e. The van der Waals surface area contributed by atoms with E-state index in [1.54, 1.807) is 0 Å². The summed E-state index contributed by atoms with van der Waals surface area (Å²) in [6, 6.07) is 9.94. The Morgan fingerprint density at radius 2 is 1.85 bits per heavy atom. The summed E-state index contributed by atoms with van der Waals surface area (Å²) < 4.78 is 0. The number of carbonyl (C=O) groups is 2. The van der Waals surface area contributed by atoms with Gasteiger partial charge in [-0.25, -0.2) is 4.79 Å². The minimum Gasteiger partial charge on any atom is -0.396 e. The van der Waals surface area contributed by atoms with Gasteiger partial charge in [0, 0.05) is 13.2 Å². The molecule has 0 aromatic heterocycles. The summed E-state index contributed by atoms with van der Waals surface area (Å²) in [6.07, 6.45) is 4.62. The lowest BCUT2D eigenvalue weighted by Crippen LogP contribution is -2.55. The molecule has 0 spiro atoms. The quantitative estimate of drug-likeness (QED) is 0.617. The molecule has 3 N–H and O–H groups in total. The lowest BCUT2D eigenvalue weighted by molar-refractivity contribution is -0.134. The van der Waals surface area contributed by atoms with Crippen LogP contribution in [0.4, 0.5) is 4.79 Å². The Bertz CT molecular complexity index is 616. The molecule has 6 heteroatoms. The van der Waals surface area contributed by atoms with E-state index in [2.05, 4.69) is 22.8 Å². The van der Waals surface area contributed by atoms with E-state index in [0.29, 0.717) is 12.8 Å². The third kappa shape index (κ3) is 3.91. The number of aliphatic hydroxyl groups is 1. The van der Waals surface area contributed by atoms with Crippen LogP contribution < -0.4 is 10.6 Å². The maximum atomic E-state index is 13.2. The van der Waals surface area contributed by atoms with E-state index in [0.717, 1.165) is 38.8 Å². The van der Waals surface area contributed by atoms with E-state index in [1.165, 1.54) is 10.5 Å². The summed E-state index contributed by atoms with van der Waals surface area (Å²) in [6.45, 7) is 2.02. The van der Waals surface area contributed by atoms with Crippen LogP contribution in [-0.2, 0) is 11.2 Å². The van der Waals surface area contributed by atoms with Gasteiger partial charge in [0.05, 0.1) is 0 Å². The number of hydrogen-bond donors (Lipinski definition) is 3. The monoisotopic (exact) mass is 359 g/mol. The fourth-order valence-corrected chi connectivity index (χ4v) is 4.26. The van der Waals surface area contributed by atoms with Crippen molar-refractivity contribution in [2.75, 3.05) is 26.2 Å². The Labute approximate surface area is 155 Å². The van der Waals surface area contributed by atoms with E-state index in [9.17, 15) is 9.59 Å². The molecule has 2 heterocycles. The third-order valence-electron chi connectivity index (χ3n) is 5.66. The van der Waals surface area contributed by atoms with Gasteiger partial charge in [-0.15, -0.1) is 0 Å². The molecule has 2 fully saturated rings. The smallest absolute Gasteiger partial charge is 0.325 e. The van der Waals surface area contributed by atoms with Crippen LogP contribution in [0, 0.1) is 5.92 Å². The maximum absolute atomic E-state index is 13.2. The molecule has 0 bridgehead atoms. The van der Waals surface area contributed by atoms with Crippen molar-refractivity contribution < 1.29 is 14.7 Å². The summed E-state index contributed by atoms with van der Waals surface area (Å²) in [5.41, 5.74) is 0.463. The lowest BCUT2D eigenvalue weighted by Gasteiger charge is -2.38. The summed E-state index contributed by atoms with van der Waals surface area (Å²) in [7, 11) is 0. The van der Waals surface area contributed by atoms with Crippen molar-refractivity contribution in [2.45, 2.75) is 44.1 Å². The predicted molar refractivity (Wildman–Crippen MR) is 99.7 cm³/mol. The number of aliphatic hydroxyl groups excluding tert-OH is 1. The topological polar surface area (TPSA) is 81.7 Å². The van der Waals surface area contributed by atoms with E-state index in [1.807, 2.05) is 18.2 Å². The second kappa shape index (κ2) is 8.64. The van der Waals surface area contributed by atoms with Crippen molar-refractivity contribution in [3.63, 3.8) is 0 Å². The normalized spacial score (nSPS) is 24.1. The average Bonchev–Trinajstić information content (AvgIpc) is 2.92. The minimum absolute atomic E-state index is 0.0224. The molecule has 3 rings (SSSR count). The first-order valence-electron chi connectivity index (χ1n) is 9.67. The number of aryl methyl sites for hydroxylation is 1. The number of amides is 3. The lowest BCUT2D eigenvalue weighted by atomic mass is 9.74. The highest BCUT2D eigenvalue weighted by atomic mass is 16.3. The SMILES string of the molecule is O=C1N[C@](CCCc2ccccc2)(C2CCNCC2)C(=O)N1CCCO. The Kier molecular flexibility index (Phi) is 6.27. The molecular formula is C20H29N3O3. The Morgan fingerprint density at radius 3 is 2.54 bits per heavy atom. The van der Waals surface area contributed by atoms with Crippen molar-refractivity contribution in [1.29, 1.82) is 0 Å². The van der Waals surface area contributed by atoms with Crippen LogP contribution >= 0.6 is 0 Å². The molecule has 3 amide bonds. The third-order valence-corrected chi connectivity index (χ3v) is 5.66. The van der Waals surface area contributed by atoms with E-state index in [-0.39, 0.29) is 31.0 Å². The van der Waals surface area contributed by atoms with Crippen molar-refractivity contribution in [3.05, 3.63) is 35.9 Å². The van der Waals surface area contributed by atoms with Gasteiger partial charge in [-0.2, -0.15) is 0 Å². The number of carbonyl (C=O) groups excluding carboxylic acids is 2. The molecule has 26 heavy (non-hydrogen) atoms. The summed E-state index contributed by atoms with van der Waals surface area (Å²) >= 11 is 0. The number of urea groups is 1. The standard InChI is InChI=1S/C20H29N3O3/c24-15-5-14-23-18(25)20(22-19(23)26,17-9-12-21-13-10-17)11-4-8-16-6-2-1-3-7-16/h1-3,6-7,17,21,24H,4-5,8-15H2,(H,22,26)/t20-/m1/s1. The summed E-state index contributed by atoms with van der Waals surface area (Å²) in [5.74, 6) is 0.0611. The van der Waals surface area contributed by atoms with Crippen LogP contribution in [0.5, 0.6) is 0 Å². The fourth-order valence-electron chi connectivity index (χ4n) is 4.26. The zero-order valence-corrected chi connectivity index (χ0v) is 15.2. The van der Waals surface area contributed by atoms with Gasteiger partial charge in [0.2, 0.25) is 0 Å². The highest BCUT2D eigenvalue weighted by Gasteiger charge is 2.54. The van der Waals surface area contributed by atoms with Crippen LogP contribution in [0.15, 0.2) is 30.3 Å². The average molecular weight is 359 g/mol. The summed E-state index contributed by atoms with van der Waals surface area (Å²) in [5, 5.41) is 15.5. The van der Waals surface area contributed by atoms with E-state index >= 15 is 0 Å². The first kappa shape index (κ1) is 18.9. The molecular weight excluding hydrogens is 330 g/mol. The molecule has 0 saturated carbocycles. The number of hydrogen-bond acceptors (Lipinski definition) is 4. The molecule has 0 aliphatic carbocycles. The van der Waals surface area contributed by atoms with Crippen molar-refractivity contribution in [3.8, 4) is 0 Å². The number of nitrogens with one attached hydrogen (secondary N) is 2. The number of benzene rings is 1. The molecule has 6 nitrogen and oxygen atoms in total. The van der Waals surface area contributed by atoms with Gasteiger partial charge in [-0.05, 0) is 63.1 Å². The second-order valence-corrected chi connectivity index (χ2v) is 7.30. The van der Waals surface area contributed by atoms with Gasteiger partial charge in [-0.1, -0.05) is 30.3 Å². The first-order valence-corrected chi connectivity index (χ1v) is 9.67. The Morgan fingerprint density at radius 1 is 1.12 bits per heavy atom. The van der Waals surface area contributed by atoms with Gasteiger partial charge < -0.3 is 15.7 Å². The molecule has 2 aliphatic heterocycles. The van der Waals surface area contributed by atoms with Gasteiger partial charge in [0.1, 0.15) is 5.54 Å². The Hall–Kier alpha value is -1.92. The molecule has 0 radical (unpaired) electrons. The van der Waals surface area contributed by atoms with Crippen molar-refractivity contribution in [1.82, 2.24) is 15.5 Å². The predicted octanol–water partition coefficient (Wildman–Crippen LogP) is 1.68.